The number of para-hydroxylation sites is 2. The Hall–Kier alpha value is -5.86. The normalized spacial score (nSPS) is 13.9. The lowest BCUT2D eigenvalue weighted by Crippen LogP contribution is -2.15. The van der Waals surface area contributed by atoms with Crippen LogP contribution < -0.4 is 0 Å². The van der Waals surface area contributed by atoms with E-state index in [0.717, 1.165) is 27.6 Å². The fourth-order valence-electron chi connectivity index (χ4n) is 8.89. The minimum atomic E-state index is -0.190. The number of rotatable bonds is 1. The lowest BCUT2D eigenvalue weighted by atomic mass is 9.79. The molecule has 1 aliphatic carbocycles. The average molecular weight is 600 g/mol. The van der Waals surface area contributed by atoms with Crippen LogP contribution in [0.1, 0.15) is 25.0 Å². The molecule has 2 heteroatoms. The highest BCUT2D eigenvalue weighted by Crippen LogP contribution is 2.55. The van der Waals surface area contributed by atoms with Crippen LogP contribution in [-0.2, 0) is 5.41 Å². The molecule has 2 heterocycles. The minimum Gasteiger partial charge on any atom is -0.456 e. The van der Waals surface area contributed by atoms with E-state index in [2.05, 4.69) is 146 Å². The quantitative estimate of drug-likeness (QED) is 0.172. The van der Waals surface area contributed by atoms with Crippen molar-refractivity contribution >= 4 is 76.1 Å². The maximum atomic E-state index is 6.20. The van der Waals surface area contributed by atoms with Crippen LogP contribution in [0.5, 0.6) is 0 Å². The molecule has 0 unspecified atom stereocenters. The van der Waals surface area contributed by atoms with E-state index in [0.29, 0.717) is 0 Å². The zero-order valence-corrected chi connectivity index (χ0v) is 26.1. The van der Waals surface area contributed by atoms with Crippen molar-refractivity contribution in [1.82, 2.24) is 4.57 Å². The highest BCUT2D eigenvalue weighted by Gasteiger charge is 2.39. The van der Waals surface area contributed by atoms with Gasteiger partial charge < -0.3 is 8.98 Å². The molecule has 2 nitrogen and oxygen atoms in total. The van der Waals surface area contributed by atoms with Crippen LogP contribution in [0, 0.1) is 0 Å². The van der Waals surface area contributed by atoms with Crippen LogP contribution in [-0.4, -0.2) is 4.57 Å². The van der Waals surface area contributed by atoms with Gasteiger partial charge in [-0.3, -0.25) is 0 Å². The van der Waals surface area contributed by atoms with E-state index >= 15 is 0 Å². The van der Waals surface area contributed by atoms with Crippen LogP contribution in [0.25, 0.3) is 92.9 Å². The van der Waals surface area contributed by atoms with Crippen LogP contribution in [0.15, 0.2) is 144 Å². The van der Waals surface area contributed by atoms with Gasteiger partial charge in [0.2, 0.25) is 0 Å². The molecule has 0 fully saturated rings. The molecule has 47 heavy (non-hydrogen) atoms. The monoisotopic (exact) mass is 599 g/mol. The zero-order chi connectivity index (χ0) is 31.0. The fraction of sp³-hybridized carbons (Fsp3) is 0.0667. The van der Waals surface area contributed by atoms with E-state index in [1.165, 1.54) is 76.4 Å². The molecule has 1 aliphatic rings. The van der Waals surface area contributed by atoms with Gasteiger partial charge in [0.25, 0.3) is 0 Å². The third-order valence-electron chi connectivity index (χ3n) is 10.9. The standard InChI is InChI=1S/C45H29NO/c1-45(2)38-25-35-30-14-6-4-12-28(30)27-11-3-5-13-29(27)34(35)24-36(38)32-20-21-40-43(44(32)45)33-16-7-9-17-39(33)46(40)26-19-22-42-37(23-26)31-15-8-10-18-41(31)47-42/h3-25H,1-2H3. The van der Waals surface area contributed by atoms with Crippen LogP contribution >= 0.6 is 0 Å². The molecule has 0 bridgehead atoms. The molecule has 0 saturated heterocycles. The number of furan rings is 1. The summed E-state index contributed by atoms with van der Waals surface area (Å²) in [5.74, 6) is 0. The number of aromatic nitrogens is 1. The number of benzene rings is 8. The first-order valence-electron chi connectivity index (χ1n) is 16.4. The van der Waals surface area contributed by atoms with Gasteiger partial charge in [-0.05, 0) is 103 Å². The first-order valence-corrected chi connectivity index (χ1v) is 16.4. The number of hydrogen-bond donors (Lipinski definition) is 0. The third kappa shape index (κ3) is 3.15. The second-order valence-electron chi connectivity index (χ2n) is 13.7. The molecular weight excluding hydrogens is 571 g/mol. The van der Waals surface area contributed by atoms with Gasteiger partial charge >= 0.3 is 0 Å². The largest absolute Gasteiger partial charge is 0.456 e. The molecule has 0 atom stereocenters. The molecular formula is C45H29NO. The average Bonchev–Trinajstić information content (AvgIpc) is 3.73. The van der Waals surface area contributed by atoms with E-state index in [4.69, 9.17) is 4.42 Å². The summed E-state index contributed by atoms with van der Waals surface area (Å²) in [7, 11) is 0. The van der Waals surface area contributed by atoms with Crippen molar-refractivity contribution < 1.29 is 4.42 Å². The summed E-state index contributed by atoms with van der Waals surface area (Å²) in [5.41, 5.74) is 10.8. The highest BCUT2D eigenvalue weighted by atomic mass is 16.3. The molecule has 2 aromatic heterocycles. The van der Waals surface area contributed by atoms with Crippen LogP contribution in [0.3, 0.4) is 0 Å². The Bertz CT molecular complexity index is 2990. The van der Waals surface area contributed by atoms with E-state index in [9.17, 15) is 0 Å². The van der Waals surface area contributed by atoms with E-state index in [1.807, 2.05) is 12.1 Å². The third-order valence-corrected chi connectivity index (χ3v) is 10.9. The zero-order valence-electron chi connectivity index (χ0n) is 26.1. The minimum absolute atomic E-state index is 0.190. The van der Waals surface area contributed by atoms with E-state index < -0.39 is 0 Å². The summed E-state index contributed by atoms with van der Waals surface area (Å²) >= 11 is 0. The maximum Gasteiger partial charge on any atom is 0.135 e. The molecule has 0 aliphatic heterocycles. The summed E-state index contributed by atoms with van der Waals surface area (Å²) in [4.78, 5) is 0. The molecule has 11 rings (SSSR count). The summed E-state index contributed by atoms with van der Waals surface area (Å²) in [5, 5.41) is 12.8. The Kier molecular flexibility index (Phi) is 4.68. The summed E-state index contributed by atoms with van der Waals surface area (Å²) in [6.07, 6.45) is 0. The molecule has 10 aromatic rings. The lowest BCUT2D eigenvalue weighted by Gasteiger charge is -2.23. The summed E-state index contributed by atoms with van der Waals surface area (Å²) in [6, 6.07) is 51.3. The number of hydrogen-bond acceptors (Lipinski definition) is 1. The maximum absolute atomic E-state index is 6.20. The van der Waals surface area contributed by atoms with Crippen LogP contribution in [0.2, 0.25) is 0 Å². The second-order valence-corrected chi connectivity index (χ2v) is 13.7. The Morgan fingerprint density at radius 3 is 1.79 bits per heavy atom. The number of nitrogens with zero attached hydrogens (tertiary/aromatic N) is 1. The molecule has 0 spiro atoms. The van der Waals surface area contributed by atoms with Gasteiger partial charge in [-0.1, -0.05) is 105 Å². The van der Waals surface area contributed by atoms with Crippen molar-refractivity contribution in [3.05, 3.63) is 151 Å². The predicted octanol–water partition coefficient (Wildman–Crippen LogP) is 12.4. The van der Waals surface area contributed by atoms with Crippen molar-refractivity contribution in [2.45, 2.75) is 19.3 Å². The Labute approximate surface area is 271 Å². The highest BCUT2D eigenvalue weighted by molar-refractivity contribution is 6.26. The van der Waals surface area contributed by atoms with Gasteiger partial charge in [0.1, 0.15) is 11.2 Å². The van der Waals surface area contributed by atoms with Crippen molar-refractivity contribution in [2.75, 3.05) is 0 Å². The van der Waals surface area contributed by atoms with Gasteiger partial charge in [-0.25, -0.2) is 0 Å². The van der Waals surface area contributed by atoms with E-state index in [1.54, 1.807) is 0 Å². The molecule has 220 valence electrons. The molecule has 0 N–H and O–H groups in total. The summed E-state index contributed by atoms with van der Waals surface area (Å²) < 4.78 is 8.65. The molecule has 8 aromatic carbocycles. The van der Waals surface area contributed by atoms with E-state index in [-0.39, 0.29) is 5.41 Å². The lowest BCUT2D eigenvalue weighted by molar-refractivity contribution is 0.667. The topological polar surface area (TPSA) is 18.1 Å². The first kappa shape index (κ1) is 25.3. The van der Waals surface area contributed by atoms with Crippen LogP contribution in [0.4, 0.5) is 0 Å². The SMILES string of the molecule is CC1(C)c2cc3c4ccccc4c4ccccc4c3cc2-c2ccc3c(c21)c1ccccc1n3-c1ccc2oc3ccccc3c2c1. The van der Waals surface area contributed by atoms with Gasteiger partial charge in [-0.2, -0.15) is 0 Å². The smallest absolute Gasteiger partial charge is 0.135 e. The van der Waals surface area contributed by atoms with Gasteiger partial charge in [0, 0.05) is 32.6 Å². The Balaban J connectivity index is 1.24. The Morgan fingerprint density at radius 1 is 0.447 bits per heavy atom. The Morgan fingerprint density at radius 2 is 1.04 bits per heavy atom. The predicted molar refractivity (Wildman–Crippen MR) is 198 cm³/mol. The van der Waals surface area contributed by atoms with Crippen molar-refractivity contribution in [3.63, 3.8) is 0 Å². The first-order chi connectivity index (χ1) is 23.1. The number of fused-ring (bicyclic) bond motifs is 16. The second kappa shape index (κ2) is 8.69. The van der Waals surface area contributed by atoms with Gasteiger partial charge in [0.15, 0.2) is 0 Å². The van der Waals surface area contributed by atoms with Crippen molar-refractivity contribution in [2.24, 2.45) is 0 Å². The molecule has 0 saturated carbocycles. The molecule has 0 amide bonds. The molecule has 0 radical (unpaired) electrons. The van der Waals surface area contributed by atoms with Crippen molar-refractivity contribution in [3.8, 4) is 16.8 Å². The van der Waals surface area contributed by atoms with Gasteiger partial charge in [-0.15, -0.1) is 0 Å². The van der Waals surface area contributed by atoms with Gasteiger partial charge in [0.05, 0.1) is 11.0 Å². The van der Waals surface area contributed by atoms with Crippen molar-refractivity contribution in [1.29, 1.82) is 0 Å². The summed E-state index contributed by atoms with van der Waals surface area (Å²) in [6.45, 7) is 4.84. The fourth-order valence-corrected chi connectivity index (χ4v) is 8.89.